The van der Waals surface area contributed by atoms with Gasteiger partial charge in [0, 0.05) is 12.5 Å². The lowest BCUT2D eigenvalue weighted by molar-refractivity contribution is 0.197. The van der Waals surface area contributed by atoms with E-state index in [0.29, 0.717) is 17.9 Å². The Hall–Kier alpha value is -2.49. The summed E-state index contributed by atoms with van der Waals surface area (Å²) < 4.78 is 5.52. The second kappa shape index (κ2) is 7.86. The Morgan fingerprint density at radius 2 is 1.75 bits per heavy atom. The first-order chi connectivity index (χ1) is 11.4. The molecule has 2 aromatic carbocycles. The molecule has 0 aliphatic carbocycles. The van der Waals surface area contributed by atoms with Gasteiger partial charge in [0.1, 0.15) is 11.5 Å². The molecular formula is C20H25NO3. The molecule has 4 nitrogen and oxygen atoms in total. The number of nitrogens with one attached hydrogen (secondary N) is 1. The Balaban J connectivity index is 2.31. The van der Waals surface area contributed by atoms with Crippen LogP contribution in [0.3, 0.4) is 0 Å². The molecule has 0 bridgehead atoms. The van der Waals surface area contributed by atoms with Gasteiger partial charge in [0.15, 0.2) is 0 Å². The maximum absolute atomic E-state index is 12.0. The van der Waals surface area contributed by atoms with Crippen LogP contribution in [0.5, 0.6) is 11.5 Å². The largest absolute Gasteiger partial charge is 0.507 e. The Bertz CT molecular complexity index is 723. The van der Waals surface area contributed by atoms with E-state index in [1.807, 2.05) is 64.1 Å². The number of hydrogen-bond acceptors (Lipinski definition) is 3. The van der Waals surface area contributed by atoms with Gasteiger partial charge in [-0.3, -0.25) is 0 Å². The fourth-order valence-electron chi connectivity index (χ4n) is 2.63. The summed E-state index contributed by atoms with van der Waals surface area (Å²) in [6.45, 7) is 7.68. The maximum Gasteiger partial charge on any atom is 0.412 e. The van der Waals surface area contributed by atoms with Gasteiger partial charge in [-0.2, -0.15) is 0 Å². The number of benzene rings is 2. The second-order valence-corrected chi connectivity index (χ2v) is 6.21. The molecule has 0 aromatic heterocycles. The predicted octanol–water partition coefficient (Wildman–Crippen LogP) is 4.35. The highest BCUT2D eigenvalue weighted by atomic mass is 16.6. The van der Waals surface area contributed by atoms with E-state index >= 15 is 0 Å². The first-order valence-electron chi connectivity index (χ1n) is 8.29. The standard InChI is InChI=1S/C20H25NO3/c1-5-15-9-7-10-16(18(15)22)12-17-11-6-8-14(4)19(17)24-20(23)21-13(2)3/h6-11,13,22H,5,12H2,1-4H3,(H,21,23). The Kier molecular flexibility index (Phi) is 5.85. The van der Waals surface area contributed by atoms with Gasteiger partial charge in [-0.15, -0.1) is 0 Å². The molecule has 0 saturated carbocycles. The van der Waals surface area contributed by atoms with Crippen molar-refractivity contribution in [2.75, 3.05) is 0 Å². The van der Waals surface area contributed by atoms with Gasteiger partial charge in [0.25, 0.3) is 0 Å². The molecular weight excluding hydrogens is 302 g/mol. The molecule has 0 saturated heterocycles. The molecule has 0 aliphatic heterocycles. The van der Waals surface area contributed by atoms with Crippen LogP contribution >= 0.6 is 0 Å². The number of rotatable bonds is 5. The van der Waals surface area contributed by atoms with Crippen LogP contribution in [0, 0.1) is 6.92 Å². The van der Waals surface area contributed by atoms with E-state index in [1.54, 1.807) is 0 Å². The fraction of sp³-hybridized carbons (Fsp3) is 0.350. The van der Waals surface area contributed by atoms with E-state index in [0.717, 1.165) is 28.7 Å². The highest BCUT2D eigenvalue weighted by Crippen LogP contribution is 2.30. The molecule has 128 valence electrons. The SMILES string of the molecule is CCc1cccc(Cc2cccc(C)c2OC(=O)NC(C)C)c1O. The van der Waals surface area contributed by atoms with Crippen molar-refractivity contribution in [3.05, 3.63) is 58.7 Å². The zero-order valence-corrected chi connectivity index (χ0v) is 14.7. The molecule has 0 fully saturated rings. The minimum Gasteiger partial charge on any atom is -0.507 e. The minimum atomic E-state index is -0.466. The number of carbonyl (C=O) groups excluding carboxylic acids is 1. The second-order valence-electron chi connectivity index (χ2n) is 6.21. The smallest absolute Gasteiger partial charge is 0.412 e. The fourth-order valence-corrected chi connectivity index (χ4v) is 2.63. The molecule has 1 amide bonds. The summed E-state index contributed by atoms with van der Waals surface area (Å²) in [6, 6.07) is 11.5. The van der Waals surface area contributed by atoms with Crippen LogP contribution in [0.1, 0.15) is 43.0 Å². The number of phenols is 1. The van der Waals surface area contributed by atoms with Crippen molar-refractivity contribution in [3.63, 3.8) is 0 Å². The number of phenolic OH excluding ortho intramolecular Hbond substituents is 1. The van der Waals surface area contributed by atoms with Gasteiger partial charge in [-0.05, 0) is 49.4 Å². The summed E-state index contributed by atoms with van der Waals surface area (Å²) in [7, 11) is 0. The minimum absolute atomic E-state index is 0.00949. The lowest BCUT2D eigenvalue weighted by atomic mass is 9.98. The Morgan fingerprint density at radius 1 is 1.12 bits per heavy atom. The van der Waals surface area contributed by atoms with Crippen LogP contribution < -0.4 is 10.1 Å². The molecule has 2 N–H and O–H groups in total. The van der Waals surface area contributed by atoms with Crippen molar-refractivity contribution in [2.24, 2.45) is 0 Å². The van der Waals surface area contributed by atoms with Crippen molar-refractivity contribution in [1.29, 1.82) is 0 Å². The third kappa shape index (κ3) is 4.28. The van der Waals surface area contributed by atoms with Gasteiger partial charge in [-0.1, -0.05) is 43.3 Å². The summed E-state index contributed by atoms with van der Waals surface area (Å²) in [5.41, 5.74) is 3.50. The molecule has 0 heterocycles. The number of para-hydroxylation sites is 2. The summed E-state index contributed by atoms with van der Waals surface area (Å²) in [5.74, 6) is 0.871. The Morgan fingerprint density at radius 3 is 2.42 bits per heavy atom. The van der Waals surface area contributed by atoms with Crippen LogP contribution in [0.15, 0.2) is 36.4 Å². The molecule has 0 atom stereocenters. The summed E-state index contributed by atoms with van der Waals surface area (Å²) in [5, 5.41) is 13.1. The van der Waals surface area contributed by atoms with Crippen LogP contribution in [0.25, 0.3) is 0 Å². The van der Waals surface area contributed by atoms with E-state index in [9.17, 15) is 9.90 Å². The van der Waals surface area contributed by atoms with E-state index in [4.69, 9.17) is 4.74 Å². The van der Waals surface area contributed by atoms with Crippen LogP contribution in [0.2, 0.25) is 0 Å². The number of aryl methyl sites for hydroxylation is 2. The number of aromatic hydroxyl groups is 1. The van der Waals surface area contributed by atoms with Gasteiger partial charge < -0.3 is 15.2 Å². The third-order valence-corrected chi connectivity index (χ3v) is 3.86. The molecule has 0 unspecified atom stereocenters. The molecule has 24 heavy (non-hydrogen) atoms. The normalized spacial score (nSPS) is 10.7. The van der Waals surface area contributed by atoms with Crippen molar-refractivity contribution in [2.45, 2.75) is 46.6 Å². The molecule has 2 aromatic rings. The lowest BCUT2D eigenvalue weighted by Crippen LogP contribution is -2.33. The van der Waals surface area contributed by atoms with Crippen LogP contribution in [-0.2, 0) is 12.8 Å². The first kappa shape index (κ1) is 17.9. The summed E-state index contributed by atoms with van der Waals surface area (Å²) in [4.78, 5) is 12.0. The van der Waals surface area contributed by atoms with Crippen LogP contribution in [0.4, 0.5) is 4.79 Å². The number of ether oxygens (including phenoxy) is 1. The van der Waals surface area contributed by atoms with E-state index in [2.05, 4.69) is 5.32 Å². The summed E-state index contributed by atoms with van der Waals surface area (Å²) in [6.07, 6.45) is 0.811. The average Bonchev–Trinajstić information content (AvgIpc) is 2.52. The topological polar surface area (TPSA) is 58.6 Å². The molecule has 2 rings (SSSR count). The molecule has 0 spiro atoms. The molecule has 4 heteroatoms. The quantitative estimate of drug-likeness (QED) is 0.858. The predicted molar refractivity (Wildman–Crippen MR) is 95.8 cm³/mol. The maximum atomic E-state index is 12.0. The van der Waals surface area contributed by atoms with Crippen molar-refractivity contribution >= 4 is 6.09 Å². The molecule has 0 aliphatic rings. The van der Waals surface area contributed by atoms with E-state index in [1.165, 1.54) is 0 Å². The number of hydrogen-bond donors (Lipinski definition) is 2. The van der Waals surface area contributed by atoms with E-state index < -0.39 is 6.09 Å². The van der Waals surface area contributed by atoms with Gasteiger partial charge in [0.05, 0.1) is 0 Å². The number of amides is 1. The van der Waals surface area contributed by atoms with Crippen LogP contribution in [-0.4, -0.2) is 17.2 Å². The number of carbonyl (C=O) groups is 1. The Labute approximate surface area is 143 Å². The zero-order valence-electron chi connectivity index (χ0n) is 14.7. The lowest BCUT2D eigenvalue weighted by Gasteiger charge is -2.15. The highest BCUT2D eigenvalue weighted by Gasteiger charge is 2.15. The van der Waals surface area contributed by atoms with Crippen molar-refractivity contribution < 1.29 is 14.6 Å². The monoisotopic (exact) mass is 327 g/mol. The van der Waals surface area contributed by atoms with E-state index in [-0.39, 0.29) is 6.04 Å². The average molecular weight is 327 g/mol. The first-order valence-corrected chi connectivity index (χ1v) is 8.29. The van der Waals surface area contributed by atoms with Gasteiger partial charge in [-0.25, -0.2) is 4.79 Å². The van der Waals surface area contributed by atoms with Gasteiger partial charge in [0.2, 0.25) is 0 Å². The zero-order chi connectivity index (χ0) is 17.7. The van der Waals surface area contributed by atoms with Gasteiger partial charge >= 0.3 is 6.09 Å². The van der Waals surface area contributed by atoms with Crippen molar-refractivity contribution in [1.82, 2.24) is 5.32 Å². The highest BCUT2D eigenvalue weighted by molar-refractivity contribution is 5.71. The third-order valence-electron chi connectivity index (χ3n) is 3.86. The summed E-state index contributed by atoms with van der Waals surface area (Å²) >= 11 is 0. The molecule has 0 radical (unpaired) electrons. The van der Waals surface area contributed by atoms with Crippen molar-refractivity contribution in [3.8, 4) is 11.5 Å².